The van der Waals surface area contributed by atoms with E-state index in [1.54, 1.807) is 0 Å². The molecular formula is C18H30N2O. The minimum atomic E-state index is 0.609. The van der Waals surface area contributed by atoms with Gasteiger partial charge in [0.1, 0.15) is 12.4 Å². The maximum Gasteiger partial charge on any atom is 0.119 e. The van der Waals surface area contributed by atoms with Gasteiger partial charge >= 0.3 is 0 Å². The zero-order chi connectivity index (χ0) is 15.1. The molecule has 1 aromatic rings. The Morgan fingerprint density at radius 3 is 2.43 bits per heavy atom. The quantitative estimate of drug-likeness (QED) is 0.732. The largest absolute Gasteiger partial charge is 0.492 e. The molecule has 1 aliphatic rings. The maximum absolute atomic E-state index is 5.83. The van der Waals surface area contributed by atoms with Crippen LogP contribution in [-0.4, -0.2) is 55.7 Å². The molecule has 0 atom stereocenters. The molecule has 1 saturated heterocycles. The van der Waals surface area contributed by atoms with Crippen molar-refractivity contribution >= 4 is 0 Å². The van der Waals surface area contributed by atoms with Gasteiger partial charge in [0.15, 0.2) is 0 Å². The fraction of sp³-hybridized carbons (Fsp3) is 0.667. The van der Waals surface area contributed by atoms with Crippen LogP contribution in [0.3, 0.4) is 0 Å². The van der Waals surface area contributed by atoms with Crippen LogP contribution in [0.25, 0.3) is 0 Å². The molecular weight excluding hydrogens is 260 g/mol. The maximum atomic E-state index is 5.83. The third-order valence-corrected chi connectivity index (χ3v) is 4.43. The van der Waals surface area contributed by atoms with Crippen molar-refractivity contribution < 1.29 is 4.74 Å². The Hall–Kier alpha value is -1.06. The summed E-state index contributed by atoms with van der Waals surface area (Å²) in [6.45, 7) is 9.91. The van der Waals surface area contributed by atoms with Crippen LogP contribution in [0.15, 0.2) is 24.3 Å². The van der Waals surface area contributed by atoms with Gasteiger partial charge in [0.2, 0.25) is 0 Å². The number of likely N-dealkylation sites (tertiary alicyclic amines) is 1. The normalized spacial score (nSPS) is 16.0. The molecule has 0 saturated carbocycles. The summed E-state index contributed by atoms with van der Waals surface area (Å²) >= 11 is 0. The highest BCUT2D eigenvalue weighted by Gasteiger charge is 2.10. The van der Waals surface area contributed by atoms with E-state index in [1.165, 1.54) is 31.5 Å². The van der Waals surface area contributed by atoms with Gasteiger partial charge in [-0.25, -0.2) is 0 Å². The Labute approximate surface area is 129 Å². The zero-order valence-corrected chi connectivity index (χ0v) is 13.8. The first kappa shape index (κ1) is 16.3. The van der Waals surface area contributed by atoms with Gasteiger partial charge < -0.3 is 9.64 Å². The Morgan fingerprint density at radius 1 is 1.14 bits per heavy atom. The van der Waals surface area contributed by atoms with E-state index in [4.69, 9.17) is 4.74 Å². The number of ether oxygens (including phenoxy) is 1. The summed E-state index contributed by atoms with van der Waals surface area (Å²) < 4.78 is 5.83. The zero-order valence-electron chi connectivity index (χ0n) is 13.8. The predicted molar refractivity (Wildman–Crippen MR) is 89.1 cm³/mol. The monoisotopic (exact) mass is 290 g/mol. The third-order valence-electron chi connectivity index (χ3n) is 4.43. The number of likely N-dealkylation sites (N-methyl/N-ethyl adjacent to an activating group) is 1. The third kappa shape index (κ3) is 5.68. The van der Waals surface area contributed by atoms with Crippen molar-refractivity contribution in [2.45, 2.75) is 39.2 Å². The van der Waals surface area contributed by atoms with Crippen LogP contribution in [0, 0.1) is 0 Å². The van der Waals surface area contributed by atoms with Gasteiger partial charge in [-0.05, 0) is 70.9 Å². The molecule has 3 nitrogen and oxygen atoms in total. The van der Waals surface area contributed by atoms with Crippen LogP contribution < -0.4 is 4.74 Å². The molecule has 0 aliphatic carbocycles. The van der Waals surface area contributed by atoms with E-state index in [9.17, 15) is 0 Å². The molecule has 1 aromatic carbocycles. The van der Waals surface area contributed by atoms with Crippen molar-refractivity contribution in [3.05, 3.63) is 29.8 Å². The molecule has 0 amide bonds. The topological polar surface area (TPSA) is 15.7 Å². The van der Waals surface area contributed by atoms with Crippen LogP contribution in [0.2, 0.25) is 0 Å². The number of rotatable bonds is 8. The van der Waals surface area contributed by atoms with E-state index in [0.29, 0.717) is 6.04 Å². The second-order valence-corrected chi connectivity index (χ2v) is 6.37. The van der Waals surface area contributed by atoms with Crippen molar-refractivity contribution in [2.75, 3.05) is 39.8 Å². The molecule has 2 rings (SSSR count). The van der Waals surface area contributed by atoms with E-state index < -0.39 is 0 Å². The number of hydrogen-bond donors (Lipinski definition) is 0. The van der Waals surface area contributed by atoms with E-state index in [0.717, 1.165) is 31.9 Å². The van der Waals surface area contributed by atoms with Crippen LogP contribution >= 0.6 is 0 Å². The summed E-state index contributed by atoms with van der Waals surface area (Å²) in [6, 6.07) is 9.21. The molecule has 0 radical (unpaired) electrons. The summed E-state index contributed by atoms with van der Waals surface area (Å²) in [7, 11) is 2.18. The van der Waals surface area contributed by atoms with Crippen LogP contribution in [0.5, 0.6) is 5.75 Å². The fourth-order valence-electron chi connectivity index (χ4n) is 2.61. The van der Waals surface area contributed by atoms with Crippen molar-refractivity contribution in [2.24, 2.45) is 0 Å². The van der Waals surface area contributed by atoms with Crippen LogP contribution in [-0.2, 0) is 6.42 Å². The Kier molecular flexibility index (Phi) is 6.52. The molecule has 1 aliphatic heterocycles. The molecule has 3 heteroatoms. The first-order chi connectivity index (χ1) is 10.1. The predicted octanol–water partition coefficient (Wildman–Crippen LogP) is 3.04. The molecule has 0 unspecified atom stereocenters. The van der Waals surface area contributed by atoms with Gasteiger partial charge in [0, 0.05) is 19.1 Å². The highest BCUT2D eigenvalue weighted by molar-refractivity contribution is 5.27. The molecule has 118 valence electrons. The lowest BCUT2D eigenvalue weighted by Gasteiger charge is -2.20. The SMILES string of the molecule is CC(C)N(C)CCc1ccc(OCCN2CCCC2)cc1. The summed E-state index contributed by atoms with van der Waals surface area (Å²) in [5, 5.41) is 0. The summed E-state index contributed by atoms with van der Waals surface area (Å²) in [4.78, 5) is 4.86. The first-order valence-electron chi connectivity index (χ1n) is 8.29. The Bertz CT molecular complexity index is 396. The summed E-state index contributed by atoms with van der Waals surface area (Å²) in [5.41, 5.74) is 1.38. The van der Waals surface area contributed by atoms with Gasteiger partial charge in [-0.3, -0.25) is 4.90 Å². The average molecular weight is 290 g/mol. The molecule has 0 bridgehead atoms. The number of nitrogens with zero attached hydrogens (tertiary/aromatic N) is 2. The van der Waals surface area contributed by atoms with Gasteiger partial charge in [0.25, 0.3) is 0 Å². The molecule has 0 N–H and O–H groups in total. The van der Waals surface area contributed by atoms with Gasteiger partial charge in [-0.1, -0.05) is 12.1 Å². The highest BCUT2D eigenvalue weighted by Crippen LogP contribution is 2.14. The van der Waals surface area contributed by atoms with Crippen molar-refractivity contribution in [3.63, 3.8) is 0 Å². The standard InChI is InChI=1S/C18H30N2O/c1-16(2)19(3)13-10-17-6-8-18(9-7-17)21-15-14-20-11-4-5-12-20/h6-9,16H,4-5,10-15H2,1-3H3. The van der Waals surface area contributed by atoms with Crippen molar-refractivity contribution in [1.82, 2.24) is 9.80 Å². The number of hydrogen-bond acceptors (Lipinski definition) is 3. The van der Waals surface area contributed by atoms with E-state index in [-0.39, 0.29) is 0 Å². The highest BCUT2D eigenvalue weighted by atomic mass is 16.5. The smallest absolute Gasteiger partial charge is 0.119 e. The second kappa shape index (κ2) is 8.40. The van der Waals surface area contributed by atoms with Crippen molar-refractivity contribution in [3.8, 4) is 5.75 Å². The van der Waals surface area contributed by atoms with Gasteiger partial charge in [-0.2, -0.15) is 0 Å². The molecule has 21 heavy (non-hydrogen) atoms. The lowest BCUT2D eigenvalue weighted by Crippen LogP contribution is -2.28. The van der Waals surface area contributed by atoms with Crippen LogP contribution in [0.1, 0.15) is 32.3 Å². The van der Waals surface area contributed by atoms with E-state index >= 15 is 0 Å². The lowest BCUT2D eigenvalue weighted by molar-refractivity contribution is 0.237. The minimum Gasteiger partial charge on any atom is -0.492 e. The minimum absolute atomic E-state index is 0.609. The summed E-state index contributed by atoms with van der Waals surface area (Å²) in [6.07, 6.45) is 3.79. The molecule has 1 heterocycles. The molecule has 0 spiro atoms. The second-order valence-electron chi connectivity index (χ2n) is 6.37. The molecule has 1 fully saturated rings. The lowest BCUT2D eigenvalue weighted by atomic mass is 10.1. The molecule has 0 aromatic heterocycles. The Morgan fingerprint density at radius 2 is 1.81 bits per heavy atom. The summed E-state index contributed by atoms with van der Waals surface area (Å²) in [5.74, 6) is 0.996. The van der Waals surface area contributed by atoms with Gasteiger partial charge in [0.05, 0.1) is 0 Å². The van der Waals surface area contributed by atoms with Crippen molar-refractivity contribution in [1.29, 1.82) is 0 Å². The van der Waals surface area contributed by atoms with Gasteiger partial charge in [-0.15, -0.1) is 0 Å². The van der Waals surface area contributed by atoms with Crippen LogP contribution in [0.4, 0.5) is 0 Å². The van der Waals surface area contributed by atoms with E-state index in [1.807, 2.05) is 0 Å². The number of benzene rings is 1. The van der Waals surface area contributed by atoms with E-state index in [2.05, 4.69) is 55.0 Å². The first-order valence-corrected chi connectivity index (χ1v) is 8.29. The average Bonchev–Trinajstić information content (AvgIpc) is 2.99. The Balaban J connectivity index is 1.68. The fourth-order valence-corrected chi connectivity index (χ4v) is 2.61.